The fourth-order valence-electron chi connectivity index (χ4n) is 2.40. The third kappa shape index (κ3) is 6.90. The van der Waals surface area contributed by atoms with Crippen molar-refractivity contribution in [2.45, 2.75) is 31.1 Å². The number of rotatable bonds is 6. The van der Waals surface area contributed by atoms with Crippen LogP contribution >= 0.6 is 40.1 Å². The molecule has 0 saturated carbocycles. The van der Waals surface area contributed by atoms with Gasteiger partial charge in [0.25, 0.3) is 0 Å². The molecule has 1 aromatic rings. The number of nitrogens with one attached hydrogen (secondary N) is 2. The Balaban J connectivity index is 0.00000242. The monoisotopic (exact) mass is 406 g/mol. The molecule has 1 amide bonds. The van der Waals surface area contributed by atoms with Gasteiger partial charge in [-0.05, 0) is 55.6 Å². The van der Waals surface area contributed by atoms with Gasteiger partial charge < -0.3 is 10.6 Å². The lowest BCUT2D eigenvalue weighted by Crippen LogP contribution is -2.42. The molecular weight excluding hydrogens is 384 g/mol. The molecule has 1 fully saturated rings. The minimum atomic E-state index is 0. The Labute approximate surface area is 151 Å². The van der Waals surface area contributed by atoms with Gasteiger partial charge in [0.15, 0.2) is 0 Å². The van der Waals surface area contributed by atoms with E-state index in [0.29, 0.717) is 6.42 Å². The first kappa shape index (κ1) is 19.8. The van der Waals surface area contributed by atoms with Crippen LogP contribution in [-0.4, -0.2) is 31.3 Å². The van der Waals surface area contributed by atoms with Gasteiger partial charge in [-0.1, -0.05) is 22.9 Å². The summed E-state index contributed by atoms with van der Waals surface area (Å²) in [6, 6.07) is 8.20. The first-order chi connectivity index (χ1) is 10.1. The summed E-state index contributed by atoms with van der Waals surface area (Å²) in [7, 11) is 0. The summed E-state index contributed by atoms with van der Waals surface area (Å²) >= 11 is 5.15. The smallest absolute Gasteiger partial charge is 0.220 e. The minimum absolute atomic E-state index is 0. The Morgan fingerprint density at radius 1 is 1.32 bits per heavy atom. The molecule has 0 spiro atoms. The average molecular weight is 408 g/mol. The largest absolute Gasteiger partial charge is 0.356 e. The van der Waals surface area contributed by atoms with E-state index in [0.717, 1.165) is 42.7 Å². The van der Waals surface area contributed by atoms with Gasteiger partial charge in [-0.3, -0.25) is 4.79 Å². The molecule has 0 aliphatic carbocycles. The highest BCUT2D eigenvalue weighted by Crippen LogP contribution is 2.26. The molecule has 2 rings (SSSR count). The molecule has 1 saturated heterocycles. The van der Waals surface area contributed by atoms with Crippen LogP contribution in [0.2, 0.25) is 0 Å². The highest BCUT2D eigenvalue weighted by molar-refractivity contribution is 9.10. The number of hydrogen-bond acceptors (Lipinski definition) is 3. The zero-order chi connectivity index (χ0) is 15.1. The fourth-order valence-corrected chi connectivity index (χ4v) is 3.52. The van der Waals surface area contributed by atoms with E-state index >= 15 is 0 Å². The summed E-state index contributed by atoms with van der Waals surface area (Å²) in [5.41, 5.74) is 0.264. The van der Waals surface area contributed by atoms with Crippen LogP contribution in [0.3, 0.4) is 0 Å². The number of carbonyl (C=O) groups is 1. The normalized spacial score (nSPS) is 16.6. The molecule has 2 N–H and O–H groups in total. The maximum absolute atomic E-state index is 11.9. The van der Waals surface area contributed by atoms with Crippen LogP contribution in [-0.2, 0) is 4.79 Å². The lowest BCUT2D eigenvalue weighted by Gasteiger charge is -2.34. The third-order valence-electron chi connectivity index (χ3n) is 3.93. The van der Waals surface area contributed by atoms with Crippen LogP contribution in [0, 0.1) is 5.41 Å². The van der Waals surface area contributed by atoms with Crippen LogP contribution in [0.25, 0.3) is 0 Å². The predicted octanol–water partition coefficient (Wildman–Crippen LogP) is 3.86. The van der Waals surface area contributed by atoms with Gasteiger partial charge in [0.1, 0.15) is 0 Å². The van der Waals surface area contributed by atoms with E-state index in [-0.39, 0.29) is 23.7 Å². The van der Waals surface area contributed by atoms with Gasteiger partial charge in [0.2, 0.25) is 5.91 Å². The van der Waals surface area contributed by atoms with Crippen molar-refractivity contribution in [3.63, 3.8) is 0 Å². The number of hydrogen-bond donors (Lipinski definition) is 2. The van der Waals surface area contributed by atoms with Crippen molar-refractivity contribution < 1.29 is 4.79 Å². The van der Waals surface area contributed by atoms with Crippen LogP contribution in [0.1, 0.15) is 26.2 Å². The standard InChI is InChI=1S/C16H23BrN2OS.ClH/c1-16(7-9-18-10-8-16)12-19-15(20)6-11-21-14-4-2-13(17)3-5-14;/h2-5,18H,6-12H2,1H3,(H,19,20);1H. The number of amides is 1. The van der Waals surface area contributed by atoms with E-state index in [9.17, 15) is 4.79 Å². The third-order valence-corrected chi connectivity index (χ3v) is 5.48. The van der Waals surface area contributed by atoms with Gasteiger partial charge in [-0.2, -0.15) is 0 Å². The van der Waals surface area contributed by atoms with E-state index in [2.05, 4.69) is 45.6 Å². The topological polar surface area (TPSA) is 41.1 Å². The van der Waals surface area contributed by atoms with Crippen LogP contribution in [0.4, 0.5) is 0 Å². The van der Waals surface area contributed by atoms with Crippen molar-refractivity contribution >= 4 is 46.0 Å². The van der Waals surface area contributed by atoms with Crippen LogP contribution in [0.15, 0.2) is 33.6 Å². The Kier molecular flexibility index (Phi) is 8.83. The van der Waals surface area contributed by atoms with E-state index in [1.165, 1.54) is 4.90 Å². The Morgan fingerprint density at radius 2 is 1.95 bits per heavy atom. The number of thioether (sulfide) groups is 1. The number of piperidine rings is 1. The maximum atomic E-state index is 11.9. The van der Waals surface area contributed by atoms with E-state index < -0.39 is 0 Å². The molecular formula is C16H24BrClN2OS. The van der Waals surface area contributed by atoms with E-state index in [1.54, 1.807) is 11.8 Å². The fraction of sp³-hybridized carbons (Fsp3) is 0.562. The minimum Gasteiger partial charge on any atom is -0.356 e. The van der Waals surface area contributed by atoms with Crippen molar-refractivity contribution in [3.05, 3.63) is 28.7 Å². The van der Waals surface area contributed by atoms with Gasteiger partial charge in [-0.15, -0.1) is 24.2 Å². The molecule has 0 atom stereocenters. The molecule has 1 heterocycles. The Bertz CT molecular complexity index is 464. The zero-order valence-electron chi connectivity index (χ0n) is 12.9. The summed E-state index contributed by atoms with van der Waals surface area (Å²) < 4.78 is 1.08. The Morgan fingerprint density at radius 3 is 2.59 bits per heavy atom. The second-order valence-corrected chi connectivity index (χ2v) is 7.97. The van der Waals surface area contributed by atoms with Crippen molar-refractivity contribution in [3.8, 4) is 0 Å². The number of benzene rings is 1. The summed E-state index contributed by atoms with van der Waals surface area (Å²) in [6.45, 7) is 5.19. The average Bonchev–Trinajstić information content (AvgIpc) is 2.48. The highest BCUT2D eigenvalue weighted by atomic mass is 79.9. The molecule has 1 aliphatic heterocycles. The lowest BCUT2D eigenvalue weighted by molar-refractivity contribution is -0.121. The highest BCUT2D eigenvalue weighted by Gasteiger charge is 2.26. The second kappa shape index (κ2) is 9.81. The van der Waals surface area contributed by atoms with Crippen molar-refractivity contribution in [1.29, 1.82) is 0 Å². The van der Waals surface area contributed by atoms with Crippen LogP contribution < -0.4 is 10.6 Å². The maximum Gasteiger partial charge on any atom is 0.220 e. The zero-order valence-corrected chi connectivity index (χ0v) is 16.1. The molecule has 0 bridgehead atoms. The predicted molar refractivity (Wildman–Crippen MR) is 100.0 cm³/mol. The SMILES string of the molecule is CC1(CNC(=O)CCSc2ccc(Br)cc2)CCNCC1.Cl. The van der Waals surface area contributed by atoms with Gasteiger partial charge in [0, 0.05) is 28.1 Å². The molecule has 1 aromatic carbocycles. The van der Waals surface area contributed by atoms with Crippen molar-refractivity contribution in [2.75, 3.05) is 25.4 Å². The summed E-state index contributed by atoms with van der Waals surface area (Å²) in [5.74, 6) is 0.991. The van der Waals surface area contributed by atoms with Gasteiger partial charge in [0.05, 0.1) is 0 Å². The number of halogens is 2. The molecule has 0 aromatic heterocycles. The first-order valence-corrected chi connectivity index (χ1v) is 9.21. The Hall–Kier alpha value is -0.230. The molecule has 3 nitrogen and oxygen atoms in total. The lowest BCUT2D eigenvalue weighted by atomic mass is 9.81. The quantitative estimate of drug-likeness (QED) is 0.704. The molecule has 0 radical (unpaired) electrons. The molecule has 1 aliphatic rings. The summed E-state index contributed by atoms with van der Waals surface area (Å²) in [6.07, 6.45) is 2.86. The molecule has 6 heteroatoms. The van der Waals surface area contributed by atoms with Crippen molar-refractivity contribution in [1.82, 2.24) is 10.6 Å². The van der Waals surface area contributed by atoms with E-state index in [4.69, 9.17) is 0 Å². The van der Waals surface area contributed by atoms with Crippen LogP contribution in [0.5, 0.6) is 0 Å². The molecule has 0 unspecified atom stereocenters. The summed E-state index contributed by atoms with van der Waals surface area (Å²) in [4.78, 5) is 13.1. The second-order valence-electron chi connectivity index (χ2n) is 5.89. The van der Waals surface area contributed by atoms with Crippen molar-refractivity contribution in [2.24, 2.45) is 5.41 Å². The van der Waals surface area contributed by atoms with Gasteiger partial charge in [-0.25, -0.2) is 0 Å². The number of carbonyl (C=O) groups excluding carboxylic acids is 1. The van der Waals surface area contributed by atoms with E-state index in [1.807, 2.05) is 12.1 Å². The molecule has 124 valence electrons. The molecule has 22 heavy (non-hydrogen) atoms. The van der Waals surface area contributed by atoms with Gasteiger partial charge >= 0.3 is 0 Å². The summed E-state index contributed by atoms with van der Waals surface area (Å²) in [5, 5.41) is 6.47. The first-order valence-electron chi connectivity index (χ1n) is 7.43.